The van der Waals surface area contributed by atoms with E-state index in [9.17, 15) is 0 Å². The standard InChI is InChI=1S/C23H32N4O3.HI/c1-24-23(26-18-13-20(28-2)22(30-4)21(14-18)29-3)25-15-19-11-8-12-27(19)16-17-9-6-5-7-10-17;/h5-7,9-10,13-14,19H,8,11-12,15-16H2,1-4H3,(H2,24,25,26);1H. The molecule has 1 fully saturated rings. The molecule has 1 unspecified atom stereocenters. The number of hydrogen-bond acceptors (Lipinski definition) is 5. The van der Waals surface area contributed by atoms with Crippen LogP contribution in [-0.2, 0) is 6.54 Å². The maximum atomic E-state index is 5.43. The van der Waals surface area contributed by atoms with Gasteiger partial charge in [0.2, 0.25) is 5.75 Å². The van der Waals surface area contributed by atoms with Crippen molar-refractivity contribution in [2.75, 3.05) is 46.8 Å². The number of halogens is 1. The topological polar surface area (TPSA) is 67.4 Å². The van der Waals surface area contributed by atoms with Gasteiger partial charge in [-0.2, -0.15) is 0 Å². The highest BCUT2D eigenvalue weighted by molar-refractivity contribution is 14.0. The van der Waals surface area contributed by atoms with Crippen molar-refractivity contribution >= 4 is 35.6 Å². The molecule has 170 valence electrons. The Labute approximate surface area is 202 Å². The molecule has 0 saturated carbocycles. The monoisotopic (exact) mass is 540 g/mol. The summed E-state index contributed by atoms with van der Waals surface area (Å²) in [5, 5.41) is 6.79. The second-order valence-electron chi connectivity index (χ2n) is 7.24. The number of benzene rings is 2. The van der Waals surface area contributed by atoms with E-state index in [0.717, 1.165) is 25.3 Å². The van der Waals surface area contributed by atoms with Gasteiger partial charge in [0, 0.05) is 44.0 Å². The molecule has 0 aromatic heterocycles. The number of guanidine groups is 1. The number of aliphatic imine (C=N–C) groups is 1. The van der Waals surface area contributed by atoms with Crippen LogP contribution in [0.25, 0.3) is 0 Å². The van der Waals surface area contributed by atoms with E-state index in [2.05, 4.69) is 50.9 Å². The number of anilines is 1. The zero-order valence-electron chi connectivity index (χ0n) is 18.7. The van der Waals surface area contributed by atoms with E-state index < -0.39 is 0 Å². The lowest BCUT2D eigenvalue weighted by Crippen LogP contribution is -2.42. The minimum absolute atomic E-state index is 0. The summed E-state index contributed by atoms with van der Waals surface area (Å²) in [6.45, 7) is 2.93. The van der Waals surface area contributed by atoms with Crippen molar-refractivity contribution in [3.63, 3.8) is 0 Å². The largest absolute Gasteiger partial charge is 0.493 e. The second-order valence-corrected chi connectivity index (χ2v) is 7.24. The number of rotatable bonds is 8. The molecule has 2 aromatic carbocycles. The van der Waals surface area contributed by atoms with Gasteiger partial charge in [-0.15, -0.1) is 24.0 Å². The number of hydrogen-bond donors (Lipinski definition) is 2. The SMILES string of the molecule is CN=C(NCC1CCCN1Cc1ccccc1)Nc1cc(OC)c(OC)c(OC)c1.I. The first kappa shape index (κ1) is 25.1. The Morgan fingerprint density at radius 2 is 1.74 bits per heavy atom. The van der Waals surface area contributed by atoms with Gasteiger partial charge in [0.25, 0.3) is 0 Å². The van der Waals surface area contributed by atoms with Gasteiger partial charge in [0.05, 0.1) is 21.3 Å². The molecule has 8 heteroatoms. The van der Waals surface area contributed by atoms with E-state index in [0.29, 0.717) is 29.2 Å². The Kier molecular flexibility index (Phi) is 10.2. The van der Waals surface area contributed by atoms with Gasteiger partial charge < -0.3 is 24.8 Å². The molecule has 0 spiro atoms. The molecule has 0 aliphatic carbocycles. The van der Waals surface area contributed by atoms with E-state index in [4.69, 9.17) is 14.2 Å². The van der Waals surface area contributed by atoms with Crippen LogP contribution in [0.3, 0.4) is 0 Å². The summed E-state index contributed by atoms with van der Waals surface area (Å²) in [4.78, 5) is 6.91. The second kappa shape index (κ2) is 12.6. The predicted octanol–water partition coefficient (Wildman–Crippen LogP) is 3.98. The van der Waals surface area contributed by atoms with Gasteiger partial charge >= 0.3 is 0 Å². The molecule has 0 bridgehead atoms. The predicted molar refractivity (Wildman–Crippen MR) is 136 cm³/mol. The quantitative estimate of drug-likeness (QED) is 0.300. The summed E-state index contributed by atoms with van der Waals surface area (Å²) in [7, 11) is 6.57. The smallest absolute Gasteiger partial charge is 0.203 e. The normalized spacial score (nSPS) is 16.4. The summed E-state index contributed by atoms with van der Waals surface area (Å²) >= 11 is 0. The van der Waals surface area contributed by atoms with Crippen molar-refractivity contribution in [2.45, 2.75) is 25.4 Å². The summed E-state index contributed by atoms with van der Waals surface area (Å²) < 4.78 is 16.3. The van der Waals surface area contributed by atoms with Crippen LogP contribution >= 0.6 is 24.0 Å². The zero-order valence-corrected chi connectivity index (χ0v) is 21.0. The van der Waals surface area contributed by atoms with E-state index in [-0.39, 0.29) is 24.0 Å². The molecular formula is C23H33IN4O3. The fourth-order valence-electron chi connectivity index (χ4n) is 3.84. The highest BCUT2D eigenvalue weighted by Gasteiger charge is 2.24. The lowest BCUT2D eigenvalue weighted by atomic mass is 10.2. The molecule has 2 N–H and O–H groups in total. The molecule has 31 heavy (non-hydrogen) atoms. The molecule has 1 aliphatic rings. The molecule has 1 atom stereocenters. The van der Waals surface area contributed by atoms with Gasteiger partial charge in [-0.05, 0) is 24.9 Å². The van der Waals surface area contributed by atoms with Crippen LogP contribution in [0.15, 0.2) is 47.5 Å². The maximum absolute atomic E-state index is 5.43. The van der Waals surface area contributed by atoms with E-state index >= 15 is 0 Å². The van der Waals surface area contributed by atoms with Gasteiger partial charge in [-0.25, -0.2) is 0 Å². The van der Waals surface area contributed by atoms with Crippen molar-refractivity contribution in [3.05, 3.63) is 48.0 Å². The minimum atomic E-state index is 0. The number of nitrogens with one attached hydrogen (secondary N) is 2. The Bertz CT molecular complexity index is 823. The molecule has 1 heterocycles. The van der Waals surface area contributed by atoms with Crippen LogP contribution in [0.2, 0.25) is 0 Å². The maximum Gasteiger partial charge on any atom is 0.203 e. The minimum Gasteiger partial charge on any atom is -0.493 e. The highest BCUT2D eigenvalue weighted by Crippen LogP contribution is 2.39. The zero-order chi connectivity index (χ0) is 21.3. The molecule has 1 aliphatic heterocycles. The van der Waals surface area contributed by atoms with Crippen molar-refractivity contribution in [3.8, 4) is 17.2 Å². The molecule has 2 aromatic rings. The summed E-state index contributed by atoms with van der Waals surface area (Å²) in [6.07, 6.45) is 2.40. The van der Waals surface area contributed by atoms with Crippen molar-refractivity contribution < 1.29 is 14.2 Å². The summed E-state index contributed by atoms with van der Waals surface area (Å²) in [5.74, 6) is 2.46. The fraction of sp³-hybridized carbons (Fsp3) is 0.435. The number of methoxy groups -OCH3 is 3. The van der Waals surface area contributed by atoms with Crippen LogP contribution in [0, 0.1) is 0 Å². The van der Waals surface area contributed by atoms with E-state index in [1.165, 1.54) is 18.4 Å². The summed E-state index contributed by atoms with van der Waals surface area (Å²) in [6, 6.07) is 14.8. The third kappa shape index (κ3) is 6.64. The van der Waals surface area contributed by atoms with Crippen LogP contribution in [0.1, 0.15) is 18.4 Å². The molecule has 3 rings (SSSR count). The molecule has 7 nitrogen and oxygen atoms in total. The number of nitrogens with zero attached hydrogens (tertiary/aromatic N) is 2. The fourth-order valence-corrected chi connectivity index (χ4v) is 3.84. The highest BCUT2D eigenvalue weighted by atomic mass is 127. The van der Waals surface area contributed by atoms with E-state index in [1.54, 1.807) is 28.4 Å². The molecule has 0 amide bonds. The lowest BCUT2D eigenvalue weighted by Gasteiger charge is -2.25. The van der Waals surface area contributed by atoms with Gasteiger partial charge in [-0.3, -0.25) is 9.89 Å². The Morgan fingerprint density at radius 1 is 1.06 bits per heavy atom. The first-order valence-corrected chi connectivity index (χ1v) is 10.2. The van der Waals surface area contributed by atoms with Crippen molar-refractivity contribution in [2.24, 2.45) is 4.99 Å². The lowest BCUT2D eigenvalue weighted by molar-refractivity contribution is 0.245. The Hall–Kier alpha value is -2.20. The molecule has 1 saturated heterocycles. The van der Waals surface area contributed by atoms with Crippen LogP contribution in [0.4, 0.5) is 5.69 Å². The molecule has 0 radical (unpaired) electrons. The van der Waals surface area contributed by atoms with Gasteiger partial charge in [-0.1, -0.05) is 30.3 Å². The average Bonchev–Trinajstić information content (AvgIpc) is 3.23. The van der Waals surface area contributed by atoms with Crippen LogP contribution in [-0.4, -0.2) is 58.4 Å². The van der Waals surface area contributed by atoms with Crippen LogP contribution in [0.5, 0.6) is 17.2 Å². The van der Waals surface area contributed by atoms with E-state index in [1.807, 2.05) is 12.1 Å². The first-order valence-electron chi connectivity index (χ1n) is 10.2. The van der Waals surface area contributed by atoms with Gasteiger partial charge in [0.15, 0.2) is 17.5 Å². The molecular weight excluding hydrogens is 507 g/mol. The van der Waals surface area contributed by atoms with Crippen LogP contribution < -0.4 is 24.8 Å². The average molecular weight is 540 g/mol. The Morgan fingerprint density at radius 3 is 2.32 bits per heavy atom. The first-order chi connectivity index (χ1) is 14.7. The summed E-state index contributed by atoms with van der Waals surface area (Å²) in [5.41, 5.74) is 2.16. The Balaban J connectivity index is 0.00000341. The third-order valence-electron chi connectivity index (χ3n) is 5.38. The number of likely N-dealkylation sites (tertiary alicyclic amines) is 1. The van der Waals surface area contributed by atoms with Crippen molar-refractivity contribution in [1.29, 1.82) is 0 Å². The van der Waals surface area contributed by atoms with Crippen molar-refractivity contribution in [1.82, 2.24) is 10.2 Å². The third-order valence-corrected chi connectivity index (χ3v) is 5.38. The van der Waals surface area contributed by atoms with Gasteiger partial charge in [0.1, 0.15) is 0 Å². The number of ether oxygens (including phenoxy) is 3.